The number of nitrogens with zero attached hydrogens (tertiary/aromatic N) is 5. The second-order valence-corrected chi connectivity index (χ2v) is 14.7. The summed E-state index contributed by atoms with van der Waals surface area (Å²) >= 11 is 3.80. The van der Waals surface area contributed by atoms with E-state index in [4.69, 9.17) is 9.47 Å². The predicted molar refractivity (Wildman–Crippen MR) is 196 cm³/mol. The summed E-state index contributed by atoms with van der Waals surface area (Å²) in [5.74, 6) is 0. The minimum atomic E-state index is 0.0196. The molecule has 4 aliphatic rings. The first-order valence-electron chi connectivity index (χ1n) is 17.8. The Morgan fingerprint density at radius 2 is 1.48 bits per heavy atom. The molecule has 0 atom stereocenters. The van der Waals surface area contributed by atoms with Crippen LogP contribution in [0, 0.1) is 11.3 Å². The molecule has 0 radical (unpaired) electrons. The Balaban J connectivity index is 0.000000255. The topological polar surface area (TPSA) is 102 Å². The predicted octanol–water partition coefficient (Wildman–Crippen LogP) is 5.22. The van der Waals surface area contributed by atoms with Gasteiger partial charge < -0.3 is 29.2 Å². The van der Waals surface area contributed by atoms with Gasteiger partial charge in [-0.1, -0.05) is 6.07 Å². The number of nitrogens with one attached hydrogen (secondary N) is 2. The van der Waals surface area contributed by atoms with Crippen LogP contribution in [0.4, 0.5) is 5.69 Å². The Hall–Kier alpha value is -2.98. The quantitative estimate of drug-likeness (QED) is 0.297. The van der Waals surface area contributed by atoms with Gasteiger partial charge in [0.25, 0.3) is 0 Å². The van der Waals surface area contributed by atoms with Crippen molar-refractivity contribution < 1.29 is 9.47 Å². The molecular formula is C37H48BrN7O3. The fourth-order valence-electron chi connectivity index (χ4n) is 8.16. The SMILES string of the molecule is C1CC(N2CCOCC2)CCN1.CC(C)n1c2cc(N3CCC(N4CCOCC4)CC3)c(Br)cc2c(=O)c2c3ccc(C#N)cc3[nH]c21. The Bertz CT molecular complexity index is 1820. The fraction of sp³-hybridized carbons (Fsp3) is 0.568. The molecule has 48 heavy (non-hydrogen) atoms. The summed E-state index contributed by atoms with van der Waals surface area (Å²) in [6, 6.07) is 13.4. The standard InChI is InChI=1S/C28H30BrN5O2.C9H18N2O/c1-17(2)34-24-15-25(33-7-5-19(6-8-33)32-9-11-36-12-10-32)22(29)14-21(24)27(35)26-20-4-3-18(16-30)13-23(20)31-28(26)34;1-3-10-4-2-9(1)11-5-7-12-8-6-11/h3-4,13-15,17,19,31H,5-12H2,1-2H3;9-10H,1-8H2. The highest BCUT2D eigenvalue weighted by Gasteiger charge is 2.28. The number of rotatable bonds is 4. The fourth-order valence-corrected chi connectivity index (χ4v) is 8.75. The van der Waals surface area contributed by atoms with Gasteiger partial charge in [0.1, 0.15) is 5.65 Å². The number of piperidine rings is 2. The number of fused-ring (bicyclic) bond motifs is 4. The van der Waals surface area contributed by atoms with Crippen molar-refractivity contribution in [2.45, 2.75) is 57.7 Å². The minimum absolute atomic E-state index is 0.0196. The summed E-state index contributed by atoms with van der Waals surface area (Å²) < 4.78 is 14.1. The molecule has 0 aliphatic carbocycles. The molecule has 8 rings (SSSR count). The van der Waals surface area contributed by atoms with Crippen molar-refractivity contribution in [3.63, 3.8) is 0 Å². The van der Waals surface area contributed by atoms with Gasteiger partial charge in [0.2, 0.25) is 0 Å². The molecule has 4 aromatic rings. The van der Waals surface area contributed by atoms with Crippen LogP contribution in [0.1, 0.15) is 51.1 Å². The summed E-state index contributed by atoms with van der Waals surface area (Å²) in [6.07, 6.45) is 4.90. The van der Waals surface area contributed by atoms with E-state index in [1.807, 2.05) is 18.2 Å². The summed E-state index contributed by atoms with van der Waals surface area (Å²) in [4.78, 5) is 24.9. The summed E-state index contributed by atoms with van der Waals surface area (Å²) in [5, 5.41) is 15.0. The zero-order chi connectivity index (χ0) is 33.2. The van der Waals surface area contributed by atoms with Gasteiger partial charge in [-0.15, -0.1) is 0 Å². The number of H-pyrrole nitrogens is 1. The number of aromatic amines is 1. The number of hydrogen-bond acceptors (Lipinski definition) is 8. The largest absolute Gasteiger partial charge is 0.379 e. The second-order valence-electron chi connectivity index (χ2n) is 13.8. The molecule has 4 aliphatic heterocycles. The smallest absolute Gasteiger partial charge is 0.199 e. The molecule has 6 heterocycles. The molecule has 2 aromatic carbocycles. The minimum Gasteiger partial charge on any atom is -0.379 e. The van der Waals surface area contributed by atoms with E-state index in [1.54, 1.807) is 6.07 Å². The van der Waals surface area contributed by atoms with Crippen molar-refractivity contribution >= 4 is 54.5 Å². The maximum absolute atomic E-state index is 13.8. The lowest BCUT2D eigenvalue weighted by Crippen LogP contribution is -2.49. The van der Waals surface area contributed by atoms with E-state index in [-0.39, 0.29) is 11.5 Å². The highest BCUT2D eigenvalue weighted by molar-refractivity contribution is 9.10. The summed E-state index contributed by atoms with van der Waals surface area (Å²) in [7, 11) is 0. The molecule has 0 spiro atoms. The molecule has 2 N–H and O–H groups in total. The van der Waals surface area contributed by atoms with Crippen LogP contribution in [0.5, 0.6) is 0 Å². The number of nitriles is 1. The number of morpholine rings is 2. The first-order chi connectivity index (χ1) is 23.4. The van der Waals surface area contributed by atoms with Crippen LogP contribution in [0.15, 0.2) is 39.6 Å². The molecule has 2 aromatic heterocycles. The van der Waals surface area contributed by atoms with E-state index in [1.165, 1.54) is 25.9 Å². The first kappa shape index (κ1) is 33.5. The van der Waals surface area contributed by atoms with Crippen LogP contribution < -0.4 is 15.6 Å². The van der Waals surface area contributed by atoms with Crippen LogP contribution >= 0.6 is 15.9 Å². The number of hydrogen-bond donors (Lipinski definition) is 2. The maximum atomic E-state index is 13.8. The molecule has 0 bridgehead atoms. The Morgan fingerprint density at radius 1 is 0.854 bits per heavy atom. The molecule has 4 saturated heterocycles. The zero-order valence-corrected chi connectivity index (χ0v) is 29.9. The van der Waals surface area contributed by atoms with Crippen molar-refractivity contribution in [2.75, 3.05) is 83.7 Å². The Morgan fingerprint density at radius 3 is 2.08 bits per heavy atom. The lowest BCUT2D eigenvalue weighted by Gasteiger charge is -2.41. The summed E-state index contributed by atoms with van der Waals surface area (Å²) in [6.45, 7) is 16.5. The third-order valence-corrected chi connectivity index (χ3v) is 11.3. The second kappa shape index (κ2) is 14.9. The molecule has 10 nitrogen and oxygen atoms in total. The van der Waals surface area contributed by atoms with Gasteiger partial charge >= 0.3 is 0 Å². The van der Waals surface area contributed by atoms with Gasteiger partial charge in [0.15, 0.2) is 5.43 Å². The first-order valence-corrected chi connectivity index (χ1v) is 18.5. The van der Waals surface area contributed by atoms with Crippen molar-refractivity contribution in [3.05, 3.63) is 50.6 Å². The van der Waals surface area contributed by atoms with Crippen molar-refractivity contribution in [3.8, 4) is 6.07 Å². The average Bonchev–Trinajstić information content (AvgIpc) is 3.51. The van der Waals surface area contributed by atoms with Gasteiger partial charge in [-0.2, -0.15) is 5.26 Å². The number of aromatic nitrogens is 2. The number of anilines is 1. The molecule has 0 saturated carbocycles. The van der Waals surface area contributed by atoms with E-state index in [0.717, 1.165) is 117 Å². The van der Waals surface area contributed by atoms with E-state index < -0.39 is 0 Å². The molecule has 0 amide bonds. The highest BCUT2D eigenvalue weighted by Crippen LogP contribution is 2.36. The molecule has 11 heteroatoms. The number of pyridine rings is 1. The number of ether oxygens (including phenoxy) is 2. The third-order valence-electron chi connectivity index (χ3n) is 10.7. The van der Waals surface area contributed by atoms with E-state index in [9.17, 15) is 10.1 Å². The van der Waals surface area contributed by atoms with Crippen LogP contribution in [-0.2, 0) is 9.47 Å². The van der Waals surface area contributed by atoms with Crippen molar-refractivity contribution in [1.29, 1.82) is 5.26 Å². The third kappa shape index (κ3) is 6.76. The molecule has 0 unspecified atom stereocenters. The Kier molecular flexibility index (Phi) is 10.4. The summed E-state index contributed by atoms with van der Waals surface area (Å²) in [5.41, 5.74) is 4.29. The monoisotopic (exact) mass is 717 g/mol. The maximum Gasteiger partial charge on any atom is 0.199 e. The van der Waals surface area contributed by atoms with Crippen LogP contribution in [0.25, 0.3) is 32.8 Å². The van der Waals surface area contributed by atoms with Gasteiger partial charge in [0.05, 0.1) is 54.7 Å². The van der Waals surface area contributed by atoms with Gasteiger partial charge in [-0.3, -0.25) is 14.6 Å². The van der Waals surface area contributed by atoms with Crippen LogP contribution in [0.3, 0.4) is 0 Å². The Labute approximate surface area is 291 Å². The van der Waals surface area contributed by atoms with E-state index in [2.05, 4.69) is 71.5 Å². The van der Waals surface area contributed by atoms with Gasteiger partial charge in [0, 0.05) is 78.2 Å². The number of halogens is 1. The average molecular weight is 719 g/mol. The van der Waals surface area contributed by atoms with Crippen molar-refractivity contribution in [2.24, 2.45) is 0 Å². The van der Waals surface area contributed by atoms with Gasteiger partial charge in [-0.25, -0.2) is 0 Å². The number of benzene rings is 2. The normalized spacial score (nSPS) is 20.8. The zero-order valence-electron chi connectivity index (χ0n) is 28.3. The van der Waals surface area contributed by atoms with E-state index >= 15 is 0 Å². The molecule has 4 fully saturated rings. The molecular weight excluding hydrogens is 670 g/mol. The lowest BCUT2D eigenvalue weighted by atomic mass is 10.0. The molecule has 256 valence electrons. The van der Waals surface area contributed by atoms with Gasteiger partial charge in [-0.05, 0) is 92.8 Å². The van der Waals surface area contributed by atoms with Crippen molar-refractivity contribution in [1.82, 2.24) is 24.7 Å². The van der Waals surface area contributed by atoms with Crippen LogP contribution in [-0.4, -0.2) is 110 Å². The highest BCUT2D eigenvalue weighted by atomic mass is 79.9. The van der Waals surface area contributed by atoms with Crippen LogP contribution in [0.2, 0.25) is 0 Å². The lowest BCUT2D eigenvalue weighted by molar-refractivity contribution is 0.0101. The van der Waals surface area contributed by atoms with E-state index in [0.29, 0.717) is 22.4 Å².